The summed E-state index contributed by atoms with van der Waals surface area (Å²) in [6.07, 6.45) is 3.15. The third-order valence-electron chi connectivity index (χ3n) is 5.11. The Bertz CT molecular complexity index is 574. The lowest BCUT2D eigenvalue weighted by Gasteiger charge is -2.42. The van der Waals surface area contributed by atoms with Crippen molar-refractivity contribution in [1.82, 2.24) is 10.2 Å². The molecule has 3 rings (SSSR count). The number of amides is 2. The van der Waals surface area contributed by atoms with Crippen molar-refractivity contribution in [2.45, 2.75) is 33.1 Å². The van der Waals surface area contributed by atoms with Gasteiger partial charge in [0.15, 0.2) is 0 Å². The Morgan fingerprint density at radius 1 is 1.22 bits per heavy atom. The average Bonchev–Trinajstić information content (AvgIpc) is 3.00. The van der Waals surface area contributed by atoms with Crippen molar-refractivity contribution >= 4 is 11.8 Å². The molecule has 4 heteroatoms. The first-order chi connectivity index (χ1) is 10.9. The fourth-order valence-corrected chi connectivity index (χ4v) is 3.96. The maximum atomic E-state index is 12.4. The lowest BCUT2D eigenvalue weighted by Crippen LogP contribution is -2.42. The van der Waals surface area contributed by atoms with E-state index in [0.717, 1.165) is 13.0 Å². The number of hydrogen-bond acceptors (Lipinski definition) is 2. The fraction of sp³-hybridized carbons (Fsp3) is 0.579. The molecule has 1 unspecified atom stereocenters. The van der Waals surface area contributed by atoms with E-state index in [-0.39, 0.29) is 17.7 Å². The third kappa shape index (κ3) is 3.74. The minimum Gasteiger partial charge on any atom is -0.356 e. The smallest absolute Gasteiger partial charge is 0.253 e. The molecule has 0 bridgehead atoms. The Morgan fingerprint density at radius 2 is 1.91 bits per heavy atom. The van der Waals surface area contributed by atoms with Crippen molar-refractivity contribution in [3.05, 3.63) is 35.9 Å². The maximum absolute atomic E-state index is 12.4. The van der Waals surface area contributed by atoms with E-state index in [1.165, 1.54) is 12.8 Å². The topological polar surface area (TPSA) is 49.4 Å². The summed E-state index contributed by atoms with van der Waals surface area (Å²) in [5.74, 6) is 0.702. The number of rotatable bonds is 4. The van der Waals surface area contributed by atoms with Crippen molar-refractivity contribution in [3.63, 3.8) is 0 Å². The third-order valence-corrected chi connectivity index (χ3v) is 5.11. The van der Waals surface area contributed by atoms with E-state index in [1.54, 1.807) is 4.90 Å². The van der Waals surface area contributed by atoms with Crippen LogP contribution in [0.15, 0.2) is 30.3 Å². The van der Waals surface area contributed by atoms with Gasteiger partial charge in [0.2, 0.25) is 5.91 Å². The standard InChI is InChI=1S/C19H26N2O2/c1-19(2)10-14(11-19)12-20-17(22)16-8-9-21(13-16)18(23)15-6-4-3-5-7-15/h3-7,14,16H,8-13H2,1-2H3,(H,20,22). The van der Waals surface area contributed by atoms with Gasteiger partial charge in [-0.3, -0.25) is 9.59 Å². The summed E-state index contributed by atoms with van der Waals surface area (Å²) in [5, 5.41) is 3.09. The number of carbonyl (C=O) groups excluding carboxylic acids is 2. The van der Waals surface area contributed by atoms with Gasteiger partial charge in [0.25, 0.3) is 5.91 Å². The fourth-order valence-electron chi connectivity index (χ4n) is 3.96. The molecule has 0 radical (unpaired) electrons. The van der Waals surface area contributed by atoms with Gasteiger partial charge in [-0.2, -0.15) is 0 Å². The Kier molecular flexibility index (Phi) is 4.42. The lowest BCUT2D eigenvalue weighted by atomic mass is 9.64. The van der Waals surface area contributed by atoms with Gasteiger partial charge in [-0.1, -0.05) is 32.0 Å². The largest absolute Gasteiger partial charge is 0.356 e. The van der Waals surface area contributed by atoms with E-state index in [1.807, 2.05) is 30.3 Å². The first-order valence-electron chi connectivity index (χ1n) is 8.57. The molecule has 1 N–H and O–H groups in total. The van der Waals surface area contributed by atoms with Crippen LogP contribution in [0.1, 0.15) is 43.5 Å². The second-order valence-electron chi connectivity index (χ2n) is 7.79. The van der Waals surface area contributed by atoms with Gasteiger partial charge in [-0.25, -0.2) is 0 Å². The number of carbonyl (C=O) groups is 2. The molecular formula is C19H26N2O2. The number of likely N-dealkylation sites (tertiary alicyclic amines) is 1. The predicted octanol–water partition coefficient (Wildman–Crippen LogP) is 2.70. The summed E-state index contributed by atoms with van der Waals surface area (Å²) >= 11 is 0. The molecule has 1 aliphatic carbocycles. The van der Waals surface area contributed by atoms with E-state index in [4.69, 9.17) is 0 Å². The summed E-state index contributed by atoms with van der Waals surface area (Å²) in [5.41, 5.74) is 1.15. The molecule has 1 heterocycles. The van der Waals surface area contributed by atoms with E-state index in [9.17, 15) is 9.59 Å². The Labute approximate surface area is 138 Å². The van der Waals surface area contributed by atoms with Crippen LogP contribution in [-0.4, -0.2) is 36.3 Å². The lowest BCUT2D eigenvalue weighted by molar-refractivity contribution is -0.125. The normalized spacial score (nSPS) is 23.4. The van der Waals surface area contributed by atoms with E-state index in [2.05, 4.69) is 19.2 Å². The number of nitrogens with one attached hydrogen (secondary N) is 1. The highest BCUT2D eigenvalue weighted by Gasteiger charge is 2.37. The molecule has 0 aromatic heterocycles. The highest BCUT2D eigenvalue weighted by Crippen LogP contribution is 2.44. The first-order valence-corrected chi connectivity index (χ1v) is 8.57. The van der Waals surface area contributed by atoms with Gasteiger partial charge >= 0.3 is 0 Å². The van der Waals surface area contributed by atoms with Crippen LogP contribution in [0, 0.1) is 17.3 Å². The zero-order chi connectivity index (χ0) is 16.4. The van der Waals surface area contributed by atoms with Crippen LogP contribution in [-0.2, 0) is 4.79 Å². The second kappa shape index (κ2) is 6.34. The van der Waals surface area contributed by atoms with Crippen LogP contribution in [0.4, 0.5) is 0 Å². The zero-order valence-electron chi connectivity index (χ0n) is 14.0. The minimum atomic E-state index is -0.0595. The van der Waals surface area contributed by atoms with Gasteiger partial charge in [-0.05, 0) is 42.7 Å². The number of hydrogen-bond donors (Lipinski definition) is 1. The molecule has 1 atom stereocenters. The van der Waals surface area contributed by atoms with Gasteiger partial charge in [0.05, 0.1) is 5.92 Å². The van der Waals surface area contributed by atoms with Crippen molar-refractivity contribution < 1.29 is 9.59 Å². The molecule has 0 spiro atoms. The molecule has 1 aliphatic heterocycles. The second-order valence-corrected chi connectivity index (χ2v) is 7.79. The summed E-state index contributed by atoms with van der Waals surface area (Å²) in [6.45, 7) is 6.54. The minimum absolute atomic E-state index is 0.0293. The number of benzene rings is 1. The van der Waals surface area contributed by atoms with Crippen LogP contribution >= 0.6 is 0 Å². The highest BCUT2D eigenvalue weighted by molar-refractivity contribution is 5.95. The van der Waals surface area contributed by atoms with Gasteiger partial charge in [-0.15, -0.1) is 0 Å². The van der Waals surface area contributed by atoms with Crippen molar-refractivity contribution in [2.24, 2.45) is 17.3 Å². The molecule has 4 nitrogen and oxygen atoms in total. The summed E-state index contributed by atoms with van der Waals surface area (Å²) < 4.78 is 0. The number of nitrogens with zero attached hydrogens (tertiary/aromatic N) is 1. The summed E-state index contributed by atoms with van der Waals surface area (Å²) in [7, 11) is 0. The molecular weight excluding hydrogens is 288 g/mol. The molecule has 2 fully saturated rings. The molecule has 23 heavy (non-hydrogen) atoms. The van der Waals surface area contributed by atoms with E-state index >= 15 is 0 Å². The zero-order valence-corrected chi connectivity index (χ0v) is 14.0. The Morgan fingerprint density at radius 3 is 2.57 bits per heavy atom. The molecule has 2 aliphatic rings. The first kappa shape index (κ1) is 16.0. The molecule has 124 valence electrons. The van der Waals surface area contributed by atoms with Crippen molar-refractivity contribution in [2.75, 3.05) is 19.6 Å². The monoisotopic (exact) mass is 314 g/mol. The maximum Gasteiger partial charge on any atom is 0.253 e. The quantitative estimate of drug-likeness (QED) is 0.929. The molecule has 2 amide bonds. The van der Waals surface area contributed by atoms with Gasteiger partial charge in [0.1, 0.15) is 0 Å². The molecule has 1 aromatic rings. The van der Waals surface area contributed by atoms with Gasteiger partial charge in [0, 0.05) is 25.2 Å². The van der Waals surface area contributed by atoms with Gasteiger partial charge < -0.3 is 10.2 Å². The van der Waals surface area contributed by atoms with Crippen molar-refractivity contribution in [3.8, 4) is 0 Å². The van der Waals surface area contributed by atoms with Crippen LogP contribution in [0.25, 0.3) is 0 Å². The Hall–Kier alpha value is -1.84. The highest BCUT2D eigenvalue weighted by atomic mass is 16.2. The molecule has 1 saturated carbocycles. The summed E-state index contributed by atoms with van der Waals surface area (Å²) in [6, 6.07) is 9.29. The van der Waals surface area contributed by atoms with Crippen LogP contribution in [0.5, 0.6) is 0 Å². The molecule has 1 aromatic carbocycles. The van der Waals surface area contributed by atoms with Crippen LogP contribution < -0.4 is 5.32 Å². The Balaban J connectivity index is 1.46. The van der Waals surface area contributed by atoms with Crippen LogP contribution in [0.3, 0.4) is 0 Å². The molecule has 1 saturated heterocycles. The van der Waals surface area contributed by atoms with Crippen LogP contribution in [0.2, 0.25) is 0 Å². The van der Waals surface area contributed by atoms with Crippen molar-refractivity contribution in [1.29, 1.82) is 0 Å². The van der Waals surface area contributed by atoms with E-state index in [0.29, 0.717) is 30.0 Å². The summed E-state index contributed by atoms with van der Waals surface area (Å²) in [4.78, 5) is 26.5. The SMILES string of the molecule is CC1(C)CC(CNC(=O)C2CCN(C(=O)c3ccccc3)C2)C1. The average molecular weight is 314 g/mol. The van der Waals surface area contributed by atoms with E-state index < -0.39 is 0 Å². The predicted molar refractivity (Wildman–Crippen MR) is 90.0 cm³/mol.